The Kier molecular flexibility index (Phi) is 2.23. The third kappa shape index (κ3) is 2.09. The summed E-state index contributed by atoms with van der Waals surface area (Å²) in [6, 6.07) is 0. The number of carbonyl (C=O) groups excluding carboxylic acids is 1. The minimum absolute atomic E-state index is 0.0677. The highest BCUT2D eigenvalue weighted by molar-refractivity contribution is 5.70. The van der Waals surface area contributed by atoms with E-state index in [2.05, 4.69) is 0 Å². The molecule has 0 aromatic heterocycles. The normalized spacial score (nSPS) is 28.3. The van der Waals surface area contributed by atoms with E-state index in [1.54, 1.807) is 4.90 Å². The van der Waals surface area contributed by atoms with Crippen LogP contribution in [0.25, 0.3) is 0 Å². The summed E-state index contributed by atoms with van der Waals surface area (Å²) < 4.78 is 5.32. The maximum atomic E-state index is 11.9. The maximum absolute atomic E-state index is 11.9. The van der Waals surface area contributed by atoms with Gasteiger partial charge in [-0.15, -0.1) is 0 Å². The van der Waals surface area contributed by atoms with Gasteiger partial charge >= 0.3 is 6.09 Å². The topological polar surface area (TPSA) is 49.8 Å². The molecule has 2 rings (SSSR count). The van der Waals surface area contributed by atoms with Crippen LogP contribution in [0.4, 0.5) is 4.79 Å². The highest BCUT2D eigenvalue weighted by atomic mass is 16.6. The molecule has 2 aliphatic rings. The largest absolute Gasteiger partial charge is 0.444 e. The van der Waals surface area contributed by atoms with Crippen LogP contribution in [0.5, 0.6) is 0 Å². The molecular formula is C11H19NO3. The zero-order valence-electron chi connectivity index (χ0n) is 9.62. The van der Waals surface area contributed by atoms with Crippen LogP contribution < -0.4 is 0 Å². The number of nitrogens with zero attached hydrogens (tertiary/aromatic N) is 1. The highest BCUT2D eigenvalue weighted by Gasteiger charge is 2.56. The van der Waals surface area contributed by atoms with Gasteiger partial charge in [0.2, 0.25) is 0 Å². The molecular weight excluding hydrogens is 194 g/mol. The van der Waals surface area contributed by atoms with Crippen LogP contribution >= 0.6 is 0 Å². The van der Waals surface area contributed by atoms with Crippen molar-refractivity contribution < 1.29 is 14.6 Å². The van der Waals surface area contributed by atoms with Crippen molar-refractivity contribution in [2.24, 2.45) is 0 Å². The van der Waals surface area contributed by atoms with Crippen molar-refractivity contribution in [3.8, 4) is 0 Å². The second-order valence-corrected chi connectivity index (χ2v) is 5.67. The quantitative estimate of drug-likeness (QED) is 0.663. The Bertz CT molecular complexity index is 278. The second kappa shape index (κ2) is 3.11. The van der Waals surface area contributed by atoms with Crippen molar-refractivity contribution in [2.45, 2.75) is 57.3 Å². The van der Waals surface area contributed by atoms with Gasteiger partial charge in [0.25, 0.3) is 0 Å². The Morgan fingerprint density at radius 3 is 2.53 bits per heavy atom. The van der Waals surface area contributed by atoms with Gasteiger partial charge in [-0.3, -0.25) is 4.90 Å². The fourth-order valence-corrected chi connectivity index (χ4v) is 2.22. The van der Waals surface area contributed by atoms with E-state index in [4.69, 9.17) is 4.74 Å². The molecule has 1 N–H and O–H groups in total. The van der Waals surface area contributed by atoms with Crippen molar-refractivity contribution in [2.75, 3.05) is 6.54 Å². The molecule has 0 bridgehead atoms. The number of aliphatic hydroxyl groups is 1. The summed E-state index contributed by atoms with van der Waals surface area (Å²) in [7, 11) is 0. The van der Waals surface area contributed by atoms with Crippen molar-refractivity contribution in [3.63, 3.8) is 0 Å². The smallest absolute Gasteiger partial charge is 0.410 e. The van der Waals surface area contributed by atoms with Gasteiger partial charge in [-0.1, -0.05) is 0 Å². The number of likely N-dealkylation sites (tertiary alicyclic amines) is 1. The van der Waals surface area contributed by atoms with Crippen LogP contribution in [0.1, 0.15) is 40.0 Å². The average molecular weight is 213 g/mol. The van der Waals surface area contributed by atoms with E-state index in [1.807, 2.05) is 20.8 Å². The van der Waals surface area contributed by atoms with Crippen LogP contribution in [0.15, 0.2) is 0 Å². The highest BCUT2D eigenvalue weighted by Crippen LogP contribution is 2.49. The first kappa shape index (κ1) is 10.7. The van der Waals surface area contributed by atoms with Crippen molar-refractivity contribution in [1.82, 2.24) is 4.90 Å². The van der Waals surface area contributed by atoms with Crippen LogP contribution in [0, 0.1) is 0 Å². The fourth-order valence-electron chi connectivity index (χ4n) is 2.22. The number of rotatable bonds is 0. The summed E-state index contributed by atoms with van der Waals surface area (Å²) in [5, 5.41) is 9.57. The Hall–Kier alpha value is -0.770. The number of ether oxygens (including phenoxy) is 1. The average Bonchev–Trinajstić information content (AvgIpc) is 2.68. The van der Waals surface area contributed by atoms with Gasteiger partial charge in [-0.25, -0.2) is 4.79 Å². The van der Waals surface area contributed by atoms with E-state index >= 15 is 0 Å². The molecule has 0 aromatic carbocycles. The summed E-state index contributed by atoms with van der Waals surface area (Å²) in [6.07, 6.45) is 2.07. The number of carbonyl (C=O) groups is 1. The molecule has 15 heavy (non-hydrogen) atoms. The van der Waals surface area contributed by atoms with Gasteiger partial charge in [0.15, 0.2) is 0 Å². The number of hydrogen-bond donors (Lipinski definition) is 1. The lowest BCUT2D eigenvalue weighted by Crippen LogP contribution is -2.41. The molecule has 0 radical (unpaired) electrons. The van der Waals surface area contributed by atoms with Crippen LogP contribution in [-0.4, -0.2) is 39.9 Å². The molecule has 1 saturated heterocycles. The number of β-amino-alcohol motifs (C(OH)–C–C–N with tert-alkyl or cyclic N) is 1. The molecule has 1 aliphatic heterocycles. The lowest BCUT2D eigenvalue weighted by Gasteiger charge is -2.28. The van der Waals surface area contributed by atoms with Gasteiger partial charge in [-0.2, -0.15) is 0 Å². The number of hydrogen-bond acceptors (Lipinski definition) is 3. The standard InChI is InChI=1S/C11H19NO3/c1-10(2,3)15-9(14)12-7-8(13)6-11(12)4-5-11/h8,13H,4-7H2,1-3H3/t8-/m1/s1. The Morgan fingerprint density at radius 1 is 1.47 bits per heavy atom. The van der Waals surface area contributed by atoms with Crippen molar-refractivity contribution >= 4 is 6.09 Å². The van der Waals surface area contributed by atoms with Gasteiger partial charge < -0.3 is 9.84 Å². The third-order valence-electron chi connectivity index (χ3n) is 3.02. The minimum Gasteiger partial charge on any atom is -0.444 e. The molecule has 0 unspecified atom stereocenters. The first-order valence-electron chi connectivity index (χ1n) is 5.51. The fraction of sp³-hybridized carbons (Fsp3) is 0.909. The van der Waals surface area contributed by atoms with Gasteiger partial charge in [0.05, 0.1) is 12.6 Å². The Morgan fingerprint density at radius 2 is 2.07 bits per heavy atom. The van der Waals surface area contributed by atoms with Crippen molar-refractivity contribution in [1.29, 1.82) is 0 Å². The maximum Gasteiger partial charge on any atom is 0.410 e. The molecule has 86 valence electrons. The monoisotopic (exact) mass is 213 g/mol. The molecule has 1 spiro atoms. The van der Waals surface area contributed by atoms with Crippen molar-refractivity contribution in [3.05, 3.63) is 0 Å². The predicted octanol–water partition coefficient (Wildman–Crippen LogP) is 1.52. The van der Waals surface area contributed by atoms with Crippen LogP contribution in [0.3, 0.4) is 0 Å². The van der Waals surface area contributed by atoms with E-state index in [1.165, 1.54) is 0 Å². The zero-order valence-corrected chi connectivity index (χ0v) is 9.62. The lowest BCUT2D eigenvalue weighted by atomic mass is 10.2. The zero-order chi connectivity index (χ0) is 11.3. The second-order valence-electron chi connectivity index (χ2n) is 5.67. The molecule has 1 amide bonds. The van der Waals surface area contributed by atoms with E-state index in [0.717, 1.165) is 12.8 Å². The Balaban J connectivity index is 2.02. The van der Waals surface area contributed by atoms with Gasteiger partial charge in [0, 0.05) is 5.54 Å². The molecule has 1 heterocycles. The molecule has 2 fully saturated rings. The predicted molar refractivity (Wildman–Crippen MR) is 55.5 cm³/mol. The number of aliphatic hydroxyl groups excluding tert-OH is 1. The van der Waals surface area contributed by atoms with Gasteiger partial charge in [-0.05, 0) is 40.0 Å². The SMILES string of the molecule is CC(C)(C)OC(=O)N1C[C@H](O)CC12CC2. The summed E-state index contributed by atoms with van der Waals surface area (Å²) >= 11 is 0. The summed E-state index contributed by atoms with van der Waals surface area (Å²) in [5.41, 5.74) is -0.525. The van der Waals surface area contributed by atoms with E-state index in [9.17, 15) is 9.90 Å². The van der Waals surface area contributed by atoms with Crippen LogP contribution in [-0.2, 0) is 4.74 Å². The van der Waals surface area contributed by atoms with E-state index in [0.29, 0.717) is 13.0 Å². The summed E-state index contributed by atoms with van der Waals surface area (Å²) in [4.78, 5) is 13.6. The Labute approximate surface area is 90.2 Å². The first-order valence-corrected chi connectivity index (χ1v) is 5.51. The molecule has 1 atom stereocenters. The van der Waals surface area contributed by atoms with Crippen LogP contribution in [0.2, 0.25) is 0 Å². The molecule has 4 nitrogen and oxygen atoms in total. The van der Waals surface area contributed by atoms with E-state index < -0.39 is 5.60 Å². The first-order chi connectivity index (χ1) is 6.82. The third-order valence-corrected chi connectivity index (χ3v) is 3.02. The van der Waals surface area contributed by atoms with Gasteiger partial charge in [0.1, 0.15) is 5.60 Å². The molecule has 1 aliphatic carbocycles. The summed E-state index contributed by atoms with van der Waals surface area (Å²) in [5.74, 6) is 0. The number of amides is 1. The molecule has 0 aromatic rings. The summed E-state index contributed by atoms with van der Waals surface area (Å²) in [6.45, 7) is 6.00. The van der Waals surface area contributed by atoms with E-state index in [-0.39, 0.29) is 17.7 Å². The molecule has 1 saturated carbocycles. The lowest BCUT2D eigenvalue weighted by molar-refractivity contribution is 0.0187. The molecule has 4 heteroatoms. The minimum atomic E-state index is -0.458.